The van der Waals surface area contributed by atoms with Crippen LogP contribution < -0.4 is 10.2 Å². The van der Waals surface area contributed by atoms with E-state index in [0.29, 0.717) is 21.8 Å². The van der Waals surface area contributed by atoms with Crippen molar-refractivity contribution in [3.63, 3.8) is 0 Å². The molecule has 5 nitrogen and oxygen atoms in total. The number of nitrogens with one attached hydrogen (secondary N) is 1. The molecule has 0 saturated carbocycles. The van der Waals surface area contributed by atoms with Crippen molar-refractivity contribution in [1.29, 1.82) is 0 Å². The van der Waals surface area contributed by atoms with Crippen LogP contribution >= 0.6 is 11.6 Å². The maximum Gasteiger partial charge on any atom is 0.257 e. The summed E-state index contributed by atoms with van der Waals surface area (Å²) in [7, 11) is 0. The van der Waals surface area contributed by atoms with Gasteiger partial charge in [0, 0.05) is 29.4 Å². The smallest absolute Gasteiger partial charge is 0.257 e. The first-order valence-electron chi connectivity index (χ1n) is 10.3. The summed E-state index contributed by atoms with van der Waals surface area (Å²) < 4.78 is 0. The molecular weight excluding hydrogens is 386 g/mol. The van der Waals surface area contributed by atoms with Gasteiger partial charge in [0.25, 0.3) is 11.8 Å². The zero-order valence-corrected chi connectivity index (χ0v) is 17.6. The lowest BCUT2D eigenvalue weighted by Gasteiger charge is -2.44. The number of aryl methyl sites for hydroxylation is 1. The lowest BCUT2D eigenvalue weighted by Crippen LogP contribution is -2.55. The van der Waals surface area contributed by atoms with Crippen LogP contribution in [0.5, 0.6) is 0 Å². The molecule has 1 saturated heterocycles. The summed E-state index contributed by atoms with van der Waals surface area (Å²) in [5, 5.41) is 3.52. The highest BCUT2D eigenvalue weighted by atomic mass is 35.5. The highest BCUT2D eigenvalue weighted by molar-refractivity contribution is 6.31. The molecular formula is C23H26ClN3O2. The summed E-state index contributed by atoms with van der Waals surface area (Å²) in [6.45, 7) is 5.62. The molecule has 6 heteroatoms. The number of carbonyl (C=O) groups excluding carboxylic acids is 2. The van der Waals surface area contributed by atoms with Crippen molar-refractivity contribution in [2.75, 3.05) is 23.3 Å². The molecule has 2 amide bonds. The van der Waals surface area contributed by atoms with Crippen LogP contribution in [0.1, 0.15) is 58.9 Å². The Bertz CT molecular complexity index is 959. The summed E-state index contributed by atoms with van der Waals surface area (Å²) >= 11 is 6.07. The van der Waals surface area contributed by atoms with Crippen LogP contribution in [0.3, 0.4) is 0 Å². The molecule has 2 aliphatic heterocycles. The predicted molar refractivity (Wildman–Crippen MR) is 117 cm³/mol. The fraction of sp³-hybridized carbons (Fsp3) is 0.391. The molecule has 1 fully saturated rings. The van der Waals surface area contributed by atoms with Gasteiger partial charge in [-0.3, -0.25) is 9.59 Å². The molecule has 0 aliphatic carbocycles. The Morgan fingerprint density at radius 2 is 2.00 bits per heavy atom. The molecule has 2 heterocycles. The first-order chi connectivity index (χ1) is 14.0. The number of benzene rings is 2. The zero-order valence-electron chi connectivity index (χ0n) is 16.9. The van der Waals surface area contributed by atoms with Gasteiger partial charge in [-0.15, -0.1) is 0 Å². The first-order valence-corrected chi connectivity index (χ1v) is 10.7. The van der Waals surface area contributed by atoms with Crippen molar-refractivity contribution >= 4 is 34.8 Å². The molecule has 29 heavy (non-hydrogen) atoms. The average molecular weight is 412 g/mol. The number of nitrogens with zero attached hydrogens (tertiary/aromatic N) is 2. The van der Waals surface area contributed by atoms with Gasteiger partial charge in [0.1, 0.15) is 6.17 Å². The van der Waals surface area contributed by atoms with Crippen LogP contribution in [0.15, 0.2) is 36.4 Å². The number of anilines is 2. The van der Waals surface area contributed by atoms with Crippen molar-refractivity contribution in [2.45, 2.75) is 45.7 Å². The van der Waals surface area contributed by atoms with Gasteiger partial charge in [0.05, 0.1) is 11.3 Å². The summed E-state index contributed by atoms with van der Waals surface area (Å²) in [5.41, 5.74) is 3.71. The third-order valence-electron chi connectivity index (χ3n) is 5.93. The topological polar surface area (TPSA) is 52.7 Å². The van der Waals surface area contributed by atoms with Crippen molar-refractivity contribution < 1.29 is 9.59 Å². The van der Waals surface area contributed by atoms with E-state index in [-0.39, 0.29) is 18.0 Å². The van der Waals surface area contributed by atoms with E-state index in [1.807, 2.05) is 24.0 Å². The molecule has 1 atom stereocenters. The number of rotatable bonds is 3. The van der Waals surface area contributed by atoms with E-state index in [0.717, 1.165) is 50.0 Å². The number of hydrogen-bond donors (Lipinski definition) is 1. The number of carbonyl (C=O) groups is 2. The average Bonchev–Trinajstić information content (AvgIpc) is 2.97. The predicted octanol–water partition coefficient (Wildman–Crippen LogP) is 5.08. The summed E-state index contributed by atoms with van der Waals surface area (Å²) in [5.74, 6) is -0.126. The van der Waals surface area contributed by atoms with Gasteiger partial charge >= 0.3 is 0 Å². The second-order valence-corrected chi connectivity index (χ2v) is 8.20. The Kier molecular flexibility index (Phi) is 5.50. The van der Waals surface area contributed by atoms with Gasteiger partial charge in [0.2, 0.25) is 0 Å². The van der Waals surface area contributed by atoms with E-state index in [9.17, 15) is 9.59 Å². The van der Waals surface area contributed by atoms with Gasteiger partial charge in [-0.1, -0.05) is 24.1 Å². The second kappa shape index (κ2) is 8.07. The van der Waals surface area contributed by atoms with Crippen molar-refractivity contribution in [1.82, 2.24) is 4.90 Å². The molecule has 0 bridgehead atoms. The lowest BCUT2D eigenvalue weighted by molar-refractivity contribution is 0.0656. The molecule has 2 aliphatic rings. The van der Waals surface area contributed by atoms with E-state index in [2.05, 4.69) is 17.1 Å². The van der Waals surface area contributed by atoms with Crippen LogP contribution in [0.2, 0.25) is 5.02 Å². The molecule has 0 radical (unpaired) electrons. The monoisotopic (exact) mass is 411 g/mol. The maximum atomic E-state index is 13.1. The van der Waals surface area contributed by atoms with E-state index in [1.54, 1.807) is 24.3 Å². The number of fused-ring (bicyclic) bond motifs is 2. The van der Waals surface area contributed by atoms with Gasteiger partial charge in [-0.05, 0) is 69.0 Å². The van der Waals surface area contributed by atoms with Gasteiger partial charge in [-0.2, -0.15) is 0 Å². The van der Waals surface area contributed by atoms with Crippen molar-refractivity contribution in [2.24, 2.45) is 0 Å². The minimum atomic E-state index is -0.204. The largest absolute Gasteiger partial charge is 0.351 e. The molecule has 2 aromatic carbocycles. The summed E-state index contributed by atoms with van der Waals surface area (Å²) in [6, 6.07) is 10.8. The molecule has 1 N–H and O–H groups in total. The Morgan fingerprint density at radius 3 is 2.79 bits per heavy atom. The van der Waals surface area contributed by atoms with Crippen LogP contribution in [0.4, 0.5) is 11.4 Å². The van der Waals surface area contributed by atoms with Crippen molar-refractivity contribution in [3.05, 3.63) is 58.1 Å². The Labute approximate surface area is 176 Å². The minimum absolute atomic E-state index is 0.0780. The van der Waals surface area contributed by atoms with Crippen LogP contribution in [0.25, 0.3) is 0 Å². The van der Waals surface area contributed by atoms with Gasteiger partial charge in [-0.25, -0.2) is 0 Å². The normalized spacial score (nSPS) is 18.7. The number of amides is 2. The molecule has 0 spiro atoms. The number of hydrogen-bond acceptors (Lipinski definition) is 3. The van der Waals surface area contributed by atoms with Crippen LogP contribution in [-0.2, 0) is 0 Å². The third-order valence-corrected chi connectivity index (χ3v) is 6.17. The fourth-order valence-corrected chi connectivity index (χ4v) is 4.53. The van der Waals surface area contributed by atoms with E-state index in [1.165, 1.54) is 0 Å². The Morgan fingerprint density at radius 1 is 1.17 bits per heavy atom. The van der Waals surface area contributed by atoms with E-state index >= 15 is 0 Å². The highest BCUT2D eigenvalue weighted by Gasteiger charge is 2.37. The zero-order chi connectivity index (χ0) is 20.5. The first kappa shape index (κ1) is 19.8. The van der Waals surface area contributed by atoms with Gasteiger partial charge < -0.3 is 15.1 Å². The molecule has 152 valence electrons. The van der Waals surface area contributed by atoms with Gasteiger partial charge in [0.15, 0.2) is 0 Å². The molecule has 1 unspecified atom stereocenters. The summed E-state index contributed by atoms with van der Waals surface area (Å²) in [4.78, 5) is 30.3. The Hall–Kier alpha value is -2.53. The third kappa shape index (κ3) is 3.71. The number of halogens is 1. The molecule has 2 aromatic rings. The van der Waals surface area contributed by atoms with E-state index < -0.39 is 0 Å². The summed E-state index contributed by atoms with van der Waals surface area (Å²) in [6.07, 6.45) is 4.37. The van der Waals surface area contributed by atoms with Crippen LogP contribution in [0, 0.1) is 6.92 Å². The van der Waals surface area contributed by atoms with E-state index in [4.69, 9.17) is 11.6 Å². The highest BCUT2D eigenvalue weighted by Crippen LogP contribution is 2.35. The quantitative estimate of drug-likeness (QED) is 0.765. The lowest BCUT2D eigenvalue weighted by atomic mass is 10.0. The minimum Gasteiger partial charge on any atom is -0.351 e. The molecule has 4 rings (SSSR count). The second-order valence-electron chi connectivity index (χ2n) is 7.76. The Balaban J connectivity index is 1.67. The SMILES string of the molecule is CCN1c2cc(C(=O)Nc3cc(Cl)ccc3C)ccc2C(=O)N2CCCCCC21. The van der Waals surface area contributed by atoms with Crippen molar-refractivity contribution in [3.8, 4) is 0 Å². The molecule has 0 aromatic heterocycles. The van der Waals surface area contributed by atoms with Crippen LogP contribution in [-0.4, -0.2) is 36.0 Å². The fourth-order valence-electron chi connectivity index (χ4n) is 4.36. The standard InChI is InChI=1S/C23H26ClN3O2/c1-3-26-20-13-16(22(28)25-19-14-17(24)10-8-15(19)2)9-11-18(20)23(29)27-12-6-4-5-7-21(26)27/h8-11,13-14,21H,3-7,12H2,1-2H3,(H,25,28). The maximum absolute atomic E-state index is 13.1.